The fourth-order valence-electron chi connectivity index (χ4n) is 14.7. The first-order chi connectivity index (χ1) is 33.4. The molecular weight excluding hydrogens is 848 g/mol. The summed E-state index contributed by atoms with van der Waals surface area (Å²) in [6.45, 7) is 26.6. The van der Waals surface area contributed by atoms with Crippen molar-refractivity contribution in [1.82, 2.24) is 4.57 Å². The van der Waals surface area contributed by atoms with Crippen LogP contribution >= 0.6 is 0 Å². The average Bonchev–Trinajstić information content (AvgIpc) is 4.01. The molecule has 3 nitrogen and oxygen atoms in total. The maximum atomic E-state index is 6.89. The van der Waals surface area contributed by atoms with Crippen molar-refractivity contribution in [1.29, 1.82) is 0 Å². The van der Waals surface area contributed by atoms with Gasteiger partial charge < -0.3 is 13.8 Å². The summed E-state index contributed by atoms with van der Waals surface area (Å²) < 4.78 is 9.60. The number of nitrogens with zero attached hydrogens (tertiary/aromatic N) is 2. The van der Waals surface area contributed by atoms with Crippen molar-refractivity contribution in [3.63, 3.8) is 0 Å². The molecule has 10 aromatic rings. The van der Waals surface area contributed by atoms with Crippen molar-refractivity contribution in [2.75, 3.05) is 4.81 Å². The molecule has 8 aromatic carbocycles. The van der Waals surface area contributed by atoms with Gasteiger partial charge in [0.25, 0.3) is 0 Å². The quantitative estimate of drug-likeness (QED) is 0.153. The highest BCUT2D eigenvalue weighted by Crippen LogP contribution is 2.62. The van der Waals surface area contributed by atoms with Crippen LogP contribution in [0.2, 0.25) is 0 Å². The van der Waals surface area contributed by atoms with E-state index < -0.39 is 0 Å². The molecule has 0 radical (unpaired) electrons. The molecule has 15 rings (SSSR count). The molecule has 0 N–H and O–H groups in total. The molecule has 0 bridgehead atoms. The lowest BCUT2D eigenvalue weighted by atomic mass is 9.43. The van der Waals surface area contributed by atoms with E-state index in [0.29, 0.717) is 0 Å². The van der Waals surface area contributed by atoms with Gasteiger partial charge in [0.2, 0.25) is 0 Å². The van der Waals surface area contributed by atoms with Gasteiger partial charge in [-0.2, -0.15) is 0 Å². The summed E-state index contributed by atoms with van der Waals surface area (Å²) in [6, 6.07) is 52.3. The van der Waals surface area contributed by atoms with Crippen molar-refractivity contribution in [2.45, 2.75) is 116 Å². The van der Waals surface area contributed by atoms with Crippen molar-refractivity contribution in [3.05, 3.63) is 172 Å². The van der Waals surface area contributed by atoms with E-state index in [1.807, 2.05) is 0 Å². The number of aromatic nitrogens is 1. The molecule has 0 saturated carbocycles. The lowest BCUT2D eigenvalue weighted by Crippen LogP contribution is -2.61. The number of furan rings is 1. The number of anilines is 2. The van der Waals surface area contributed by atoms with Crippen LogP contribution in [0.5, 0.6) is 0 Å². The van der Waals surface area contributed by atoms with E-state index in [0.717, 1.165) is 23.0 Å². The third-order valence-electron chi connectivity index (χ3n) is 18.5. The molecule has 0 fully saturated rings. The number of benzene rings is 8. The predicted molar refractivity (Wildman–Crippen MR) is 296 cm³/mol. The fourth-order valence-corrected chi connectivity index (χ4v) is 14.7. The lowest BCUT2D eigenvalue weighted by Gasteiger charge is -2.44. The van der Waals surface area contributed by atoms with Crippen molar-refractivity contribution >= 4 is 72.9 Å². The van der Waals surface area contributed by atoms with Gasteiger partial charge in [0.1, 0.15) is 11.2 Å². The molecule has 0 saturated heterocycles. The SMILES string of the molecule is CC(C)(C)c1ccc(N2B3c4cc5c(cc4-n4c6cc7c(cc6c6c8c(c(c3c64)-c3cc4c(cc32)C(C)(C)c2ccccc2-4)C(C)(C)c2ccccc2-8)C(C)(C)CCC7(C)C)oc2ccccc25)cc1. The van der Waals surface area contributed by atoms with Gasteiger partial charge in [-0.15, -0.1) is 0 Å². The minimum Gasteiger partial charge on any atom is -0.456 e. The minimum absolute atomic E-state index is 0.0173. The molecule has 2 aliphatic heterocycles. The van der Waals surface area contributed by atoms with Gasteiger partial charge in [0, 0.05) is 61.1 Å². The van der Waals surface area contributed by atoms with E-state index in [2.05, 4.69) is 219 Å². The zero-order valence-corrected chi connectivity index (χ0v) is 42.5. The number of fused-ring (bicyclic) bond motifs is 20. The Morgan fingerprint density at radius 3 is 1.90 bits per heavy atom. The van der Waals surface area contributed by atoms with Gasteiger partial charge in [-0.05, 0) is 149 Å². The van der Waals surface area contributed by atoms with Gasteiger partial charge in [0.15, 0.2) is 0 Å². The van der Waals surface area contributed by atoms with Crippen LogP contribution in [0.1, 0.15) is 128 Å². The molecule has 4 heteroatoms. The van der Waals surface area contributed by atoms with Crippen LogP contribution in [0.25, 0.3) is 82.8 Å². The number of hydrogen-bond donors (Lipinski definition) is 0. The van der Waals surface area contributed by atoms with Gasteiger partial charge in [0.05, 0.1) is 11.0 Å². The Labute approximate surface area is 412 Å². The Kier molecular flexibility index (Phi) is 7.48. The number of hydrogen-bond acceptors (Lipinski definition) is 2. The van der Waals surface area contributed by atoms with E-state index in [1.165, 1.54) is 134 Å². The lowest BCUT2D eigenvalue weighted by molar-refractivity contribution is 0.332. The molecule has 2 aromatic heterocycles. The van der Waals surface area contributed by atoms with E-state index in [9.17, 15) is 0 Å². The average molecular weight is 907 g/mol. The molecule has 70 heavy (non-hydrogen) atoms. The Morgan fingerprint density at radius 2 is 1.17 bits per heavy atom. The second-order valence-electron chi connectivity index (χ2n) is 25.1. The largest absolute Gasteiger partial charge is 0.456 e. The first-order valence-electron chi connectivity index (χ1n) is 25.8. The van der Waals surface area contributed by atoms with E-state index in [-0.39, 0.29) is 33.9 Å². The Bertz CT molecular complexity index is 4050. The Hall–Kier alpha value is -6.78. The number of para-hydroxylation sites is 1. The molecule has 0 amide bonds. The Balaban J connectivity index is 1.20. The van der Waals surface area contributed by atoms with Crippen LogP contribution in [0.15, 0.2) is 138 Å². The maximum Gasteiger partial charge on any atom is 0.333 e. The first-order valence-corrected chi connectivity index (χ1v) is 25.8. The highest BCUT2D eigenvalue weighted by atomic mass is 16.3. The van der Waals surface area contributed by atoms with Gasteiger partial charge in [-0.3, -0.25) is 0 Å². The van der Waals surface area contributed by atoms with Gasteiger partial charge >= 0.3 is 6.85 Å². The summed E-state index contributed by atoms with van der Waals surface area (Å²) in [6.07, 6.45) is 2.33. The molecule has 0 atom stereocenters. The third-order valence-corrected chi connectivity index (χ3v) is 18.5. The van der Waals surface area contributed by atoms with Gasteiger partial charge in [-0.25, -0.2) is 0 Å². The first kappa shape index (κ1) is 41.0. The second kappa shape index (κ2) is 12.8. The summed E-state index contributed by atoms with van der Waals surface area (Å²) in [7, 11) is 0. The second-order valence-corrected chi connectivity index (χ2v) is 25.1. The fraction of sp³-hybridized carbons (Fsp3) is 0.273. The molecule has 3 aliphatic carbocycles. The van der Waals surface area contributed by atoms with Crippen molar-refractivity contribution in [2.24, 2.45) is 0 Å². The summed E-state index contributed by atoms with van der Waals surface area (Å²) >= 11 is 0. The molecular formula is C66H59BN2O. The van der Waals surface area contributed by atoms with E-state index in [1.54, 1.807) is 0 Å². The summed E-state index contributed by atoms with van der Waals surface area (Å²) in [4.78, 5) is 2.76. The van der Waals surface area contributed by atoms with Crippen LogP contribution < -0.4 is 15.7 Å². The van der Waals surface area contributed by atoms with Crippen LogP contribution in [0, 0.1) is 0 Å². The minimum atomic E-state index is -0.282. The van der Waals surface area contributed by atoms with Crippen molar-refractivity contribution in [3.8, 4) is 39.1 Å². The summed E-state index contributed by atoms with van der Waals surface area (Å²) in [5.74, 6) is 0. The van der Waals surface area contributed by atoms with Crippen LogP contribution in [-0.4, -0.2) is 11.4 Å². The Morgan fingerprint density at radius 1 is 0.514 bits per heavy atom. The maximum absolute atomic E-state index is 6.89. The van der Waals surface area contributed by atoms with Gasteiger partial charge in [-0.1, -0.05) is 161 Å². The third kappa shape index (κ3) is 4.88. The highest BCUT2D eigenvalue weighted by molar-refractivity contribution is 6.94. The zero-order valence-electron chi connectivity index (χ0n) is 42.5. The normalized spacial score (nSPS) is 17.9. The van der Waals surface area contributed by atoms with Crippen molar-refractivity contribution < 1.29 is 4.42 Å². The zero-order chi connectivity index (χ0) is 47.9. The standard InChI is InChI=1S/C66H59BN2O/c1-62(2,3)36-24-26-37(27-25-36)69-52-33-47-41(38-18-12-15-21-45(38)65(47,8)9)30-43(52)58-59-56(40-20-13-16-22-46(40)66(59,10)11)57-44-31-48-49(64(6,7)29-28-63(48,4)5)34-51(44)68-53-35-55-42(39-19-14-17-23-54(39)70-55)32-50(53)67(69)60(58)61(57)68/h12-27,30-35H,28-29H2,1-11H3. The highest BCUT2D eigenvalue weighted by Gasteiger charge is 2.52. The molecule has 4 heterocycles. The van der Waals surface area contributed by atoms with Crippen LogP contribution in [-0.2, 0) is 27.1 Å². The van der Waals surface area contributed by atoms with Crippen LogP contribution in [0.3, 0.4) is 0 Å². The predicted octanol–water partition coefficient (Wildman–Crippen LogP) is 16.2. The molecule has 0 spiro atoms. The smallest absolute Gasteiger partial charge is 0.333 e. The molecule has 5 aliphatic rings. The van der Waals surface area contributed by atoms with Crippen LogP contribution in [0.4, 0.5) is 11.4 Å². The number of rotatable bonds is 1. The van der Waals surface area contributed by atoms with E-state index >= 15 is 0 Å². The molecule has 0 unspecified atom stereocenters. The summed E-state index contributed by atoms with van der Waals surface area (Å²) in [5, 5.41) is 5.08. The van der Waals surface area contributed by atoms with E-state index in [4.69, 9.17) is 4.42 Å². The summed E-state index contributed by atoms with van der Waals surface area (Å²) in [5.41, 5.74) is 28.8. The monoisotopic (exact) mass is 906 g/mol. The topological polar surface area (TPSA) is 21.3 Å². The molecule has 342 valence electrons.